The Morgan fingerprint density at radius 3 is 2.76 bits per heavy atom. The lowest BCUT2D eigenvalue weighted by atomic mass is 10.2. The van der Waals surface area contributed by atoms with Crippen LogP contribution >= 0.6 is 0 Å². The summed E-state index contributed by atoms with van der Waals surface area (Å²) in [4.78, 5) is 15.9. The molecule has 1 aliphatic heterocycles. The average molecular weight is 233 g/mol. The van der Waals surface area contributed by atoms with Gasteiger partial charge in [0.1, 0.15) is 6.10 Å². The molecule has 17 heavy (non-hydrogen) atoms. The van der Waals surface area contributed by atoms with Crippen molar-refractivity contribution in [1.29, 1.82) is 0 Å². The topological polar surface area (TPSA) is 47.9 Å². The first kappa shape index (κ1) is 11.6. The smallest absolute Gasteiger partial charge is 0.334 e. The zero-order chi connectivity index (χ0) is 12.3. The molecule has 0 radical (unpaired) electrons. The van der Waals surface area contributed by atoms with Crippen molar-refractivity contribution in [3.8, 4) is 0 Å². The average Bonchev–Trinajstić information content (AvgIpc) is 2.73. The normalized spacial score (nSPS) is 22.8. The molecule has 0 saturated carbocycles. The second kappa shape index (κ2) is 4.99. The maximum Gasteiger partial charge on any atom is 0.334 e. The molecule has 0 bridgehead atoms. The minimum absolute atomic E-state index is 0.274. The van der Waals surface area contributed by atoms with Gasteiger partial charge in [0, 0.05) is 5.56 Å². The summed E-state index contributed by atoms with van der Waals surface area (Å²) in [5.41, 5.74) is 0.881. The molecule has 0 aromatic heterocycles. The fraction of sp³-hybridized carbons (Fsp3) is 0.385. The Labute approximate surface area is 100 Å². The third-order valence-corrected chi connectivity index (χ3v) is 2.55. The molecule has 2 rings (SSSR count). The largest absolute Gasteiger partial charge is 0.472 e. The van der Waals surface area contributed by atoms with Gasteiger partial charge in [0.25, 0.3) is 0 Å². The molecule has 1 aromatic rings. The van der Waals surface area contributed by atoms with Gasteiger partial charge >= 0.3 is 5.97 Å². The van der Waals surface area contributed by atoms with E-state index in [4.69, 9.17) is 9.47 Å². The van der Waals surface area contributed by atoms with Gasteiger partial charge in [-0.3, -0.25) is 0 Å². The van der Waals surface area contributed by atoms with E-state index in [1.807, 2.05) is 37.3 Å². The molecule has 1 aromatic carbocycles. The van der Waals surface area contributed by atoms with E-state index in [0.717, 1.165) is 5.56 Å². The maximum atomic E-state index is 11.6. The predicted molar refractivity (Wildman–Crippen MR) is 63.9 cm³/mol. The summed E-state index contributed by atoms with van der Waals surface area (Å²) in [7, 11) is 0. The van der Waals surface area contributed by atoms with Gasteiger partial charge in [0.15, 0.2) is 6.04 Å². The van der Waals surface area contributed by atoms with E-state index < -0.39 is 6.04 Å². The Morgan fingerprint density at radius 1 is 1.41 bits per heavy atom. The fourth-order valence-corrected chi connectivity index (χ4v) is 1.70. The van der Waals surface area contributed by atoms with Gasteiger partial charge < -0.3 is 9.47 Å². The van der Waals surface area contributed by atoms with Crippen LogP contribution in [0.4, 0.5) is 0 Å². The number of carbonyl (C=O) groups excluding carboxylic acids is 1. The quantitative estimate of drug-likeness (QED) is 0.748. The van der Waals surface area contributed by atoms with Gasteiger partial charge in [-0.15, -0.1) is 0 Å². The predicted octanol–water partition coefficient (Wildman–Crippen LogP) is 1.78. The number of carbonyl (C=O) groups is 1. The second-order valence-corrected chi connectivity index (χ2v) is 3.82. The molecule has 0 N–H and O–H groups in total. The third kappa shape index (κ3) is 2.46. The van der Waals surface area contributed by atoms with Crippen LogP contribution in [-0.2, 0) is 14.3 Å². The third-order valence-electron chi connectivity index (χ3n) is 2.55. The van der Waals surface area contributed by atoms with Crippen molar-refractivity contribution in [2.45, 2.75) is 26.0 Å². The van der Waals surface area contributed by atoms with E-state index >= 15 is 0 Å². The number of nitrogens with zero attached hydrogens (tertiary/aromatic N) is 1. The highest BCUT2D eigenvalue weighted by atomic mass is 16.5. The number of rotatable bonds is 3. The van der Waals surface area contributed by atoms with Crippen LogP contribution in [0.2, 0.25) is 0 Å². The van der Waals surface area contributed by atoms with Crippen LogP contribution in [-0.4, -0.2) is 30.6 Å². The minimum Gasteiger partial charge on any atom is -0.472 e. The van der Waals surface area contributed by atoms with E-state index in [2.05, 4.69) is 4.99 Å². The summed E-state index contributed by atoms with van der Waals surface area (Å²) in [5.74, 6) is 0.182. The molecular weight excluding hydrogens is 218 g/mol. The molecule has 90 valence electrons. The monoisotopic (exact) mass is 233 g/mol. The Balaban J connectivity index is 2.17. The lowest BCUT2D eigenvalue weighted by molar-refractivity contribution is -0.145. The Morgan fingerprint density at radius 2 is 2.12 bits per heavy atom. The van der Waals surface area contributed by atoms with Crippen LogP contribution in [0.5, 0.6) is 0 Å². The fourth-order valence-electron chi connectivity index (χ4n) is 1.70. The molecule has 1 aliphatic rings. The van der Waals surface area contributed by atoms with E-state index in [0.29, 0.717) is 12.5 Å². The summed E-state index contributed by atoms with van der Waals surface area (Å²) in [6, 6.07) is 8.99. The zero-order valence-electron chi connectivity index (χ0n) is 9.92. The van der Waals surface area contributed by atoms with Crippen molar-refractivity contribution in [3.05, 3.63) is 35.9 Å². The van der Waals surface area contributed by atoms with Crippen molar-refractivity contribution in [3.63, 3.8) is 0 Å². The van der Waals surface area contributed by atoms with Gasteiger partial charge in [-0.1, -0.05) is 18.2 Å². The van der Waals surface area contributed by atoms with Crippen LogP contribution in [0.25, 0.3) is 0 Å². The van der Waals surface area contributed by atoms with Crippen molar-refractivity contribution in [1.82, 2.24) is 0 Å². The van der Waals surface area contributed by atoms with E-state index in [-0.39, 0.29) is 12.1 Å². The van der Waals surface area contributed by atoms with Gasteiger partial charge in [0.05, 0.1) is 6.61 Å². The molecule has 0 saturated heterocycles. The number of hydrogen-bond acceptors (Lipinski definition) is 4. The summed E-state index contributed by atoms with van der Waals surface area (Å²) >= 11 is 0. The molecule has 0 amide bonds. The van der Waals surface area contributed by atoms with Crippen LogP contribution in [0.1, 0.15) is 19.4 Å². The van der Waals surface area contributed by atoms with E-state index in [1.54, 1.807) is 6.92 Å². The Bertz CT molecular complexity index is 428. The molecule has 0 fully saturated rings. The van der Waals surface area contributed by atoms with Gasteiger partial charge in [-0.05, 0) is 26.0 Å². The number of ether oxygens (including phenoxy) is 2. The Hall–Kier alpha value is -1.84. The molecular formula is C13H15NO3. The summed E-state index contributed by atoms with van der Waals surface area (Å²) in [5, 5.41) is 0. The van der Waals surface area contributed by atoms with Crippen LogP contribution in [0.15, 0.2) is 35.3 Å². The first-order chi connectivity index (χ1) is 8.22. The number of hydrogen-bond donors (Lipinski definition) is 0. The van der Waals surface area contributed by atoms with E-state index in [9.17, 15) is 4.79 Å². The molecule has 0 aliphatic carbocycles. The molecule has 0 unspecified atom stereocenters. The van der Waals surface area contributed by atoms with Crippen molar-refractivity contribution >= 4 is 11.9 Å². The standard InChI is InChI=1S/C13H15NO3/c1-3-16-13(15)11-9(2)17-12(14-11)10-7-5-4-6-8-10/h4-9,11H,3H2,1-2H3/t9-,11-/m0/s1. The molecule has 4 heteroatoms. The minimum atomic E-state index is -0.551. The summed E-state index contributed by atoms with van der Waals surface area (Å²) < 4.78 is 10.5. The van der Waals surface area contributed by atoms with Crippen molar-refractivity contribution < 1.29 is 14.3 Å². The highest BCUT2D eigenvalue weighted by Gasteiger charge is 2.34. The lowest BCUT2D eigenvalue weighted by Gasteiger charge is -2.11. The number of aliphatic imine (C=N–C) groups is 1. The van der Waals surface area contributed by atoms with Crippen LogP contribution in [0.3, 0.4) is 0 Å². The van der Waals surface area contributed by atoms with Crippen molar-refractivity contribution in [2.75, 3.05) is 6.61 Å². The van der Waals surface area contributed by atoms with Crippen LogP contribution in [0, 0.1) is 0 Å². The van der Waals surface area contributed by atoms with Crippen LogP contribution < -0.4 is 0 Å². The highest BCUT2D eigenvalue weighted by Crippen LogP contribution is 2.18. The van der Waals surface area contributed by atoms with E-state index in [1.165, 1.54) is 0 Å². The van der Waals surface area contributed by atoms with Crippen molar-refractivity contribution in [2.24, 2.45) is 4.99 Å². The molecule has 2 atom stereocenters. The summed E-state index contributed by atoms with van der Waals surface area (Å²) in [6.07, 6.45) is -0.274. The Kier molecular flexibility index (Phi) is 3.42. The first-order valence-electron chi connectivity index (χ1n) is 5.69. The second-order valence-electron chi connectivity index (χ2n) is 3.82. The SMILES string of the molecule is CCOC(=O)[C@H]1N=C(c2ccccc2)O[C@H]1C. The van der Waals surface area contributed by atoms with Gasteiger partial charge in [0.2, 0.25) is 5.90 Å². The van der Waals surface area contributed by atoms with Gasteiger partial charge in [-0.2, -0.15) is 0 Å². The highest BCUT2D eigenvalue weighted by molar-refractivity contribution is 5.97. The molecule has 0 spiro atoms. The molecule has 4 nitrogen and oxygen atoms in total. The summed E-state index contributed by atoms with van der Waals surface area (Å²) in [6.45, 7) is 3.96. The number of benzene rings is 1. The first-order valence-corrected chi connectivity index (χ1v) is 5.69. The lowest BCUT2D eigenvalue weighted by Crippen LogP contribution is -2.29. The number of esters is 1. The molecule has 1 heterocycles. The van der Waals surface area contributed by atoms with Gasteiger partial charge in [-0.25, -0.2) is 9.79 Å². The maximum absolute atomic E-state index is 11.6. The zero-order valence-corrected chi connectivity index (χ0v) is 9.92.